The predicted octanol–water partition coefficient (Wildman–Crippen LogP) is 6.60. The Morgan fingerprint density at radius 3 is 2.22 bits per heavy atom. The summed E-state index contributed by atoms with van der Waals surface area (Å²) in [6, 6.07) is 18.7. The highest BCUT2D eigenvalue weighted by atomic mass is 35.5. The van der Waals surface area contributed by atoms with Crippen molar-refractivity contribution in [3.05, 3.63) is 98.3 Å². The molecule has 0 saturated heterocycles. The first kappa shape index (κ1) is 30.2. The number of nitrogens with one attached hydrogen (secondary N) is 1. The molecular formula is C32H32Cl2N2O5. The van der Waals surface area contributed by atoms with Crippen LogP contribution in [-0.2, 0) is 23.0 Å². The number of hydrogen-bond donors (Lipinski definition) is 1. The van der Waals surface area contributed by atoms with Gasteiger partial charge in [0.2, 0.25) is 0 Å². The van der Waals surface area contributed by atoms with Crippen molar-refractivity contribution >= 4 is 46.0 Å². The summed E-state index contributed by atoms with van der Waals surface area (Å²) in [6.45, 7) is 4.60. The van der Waals surface area contributed by atoms with Gasteiger partial charge in [0, 0.05) is 18.9 Å². The van der Waals surface area contributed by atoms with E-state index in [9.17, 15) is 14.4 Å². The van der Waals surface area contributed by atoms with E-state index in [1.807, 2.05) is 62.4 Å². The van der Waals surface area contributed by atoms with Gasteiger partial charge >= 0.3 is 5.97 Å². The van der Waals surface area contributed by atoms with E-state index in [2.05, 4.69) is 5.32 Å². The Bertz CT molecular complexity index is 1600. The van der Waals surface area contributed by atoms with E-state index >= 15 is 0 Å². The van der Waals surface area contributed by atoms with Crippen LogP contribution in [0.3, 0.4) is 0 Å². The van der Waals surface area contributed by atoms with Gasteiger partial charge in [-0.15, -0.1) is 0 Å². The van der Waals surface area contributed by atoms with Crippen LogP contribution in [0.15, 0.2) is 71.5 Å². The van der Waals surface area contributed by atoms with E-state index in [1.54, 1.807) is 29.8 Å². The topological polar surface area (TPSA) is 86.6 Å². The molecule has 4 aromatic rings. The smallest absolute Gasteiger partial charge is 0.328 e. The number of amides is 1. The summed E-state index contributed by atoms with van der Waals surface area (Å²) < 4.78 is 13.1. The maximum atomic E-state index is 13.5. The number of esters is 1. The molecule has 0 radical (unpaired) electrons. The highest BCUT2D eigenvalue weighted by molar-refractivity contribution is 6.39. The minimum Gasteiger partial charge on any atom is -0.492 e. The van der Waals surface area contributed by atoms with E-state index in [1.165, 1.54) is 0 Å². The zero-order valence-electron chi connectivity index (χ0n) is 23.2. The first-order valence-corrected chi connectivity index (χ1v) is 14.3. The number of pyridine rings is 1. The van der Waals surface area contributed by atoms with Crippen LogP contribution in [0.1, 0.15) is 42.6 Å². The summed E-state index contributed by atoms with van der Waals surface area (Å²) in [7, 11) is 1.74. The molecule has 1 heterocycles. The maximum Gasteiger partial charge on any atom is 0.328 e. The highest BCUT2D eigenvalue weighted by Gasteiger charge is 2.26. The summed E-state index contributed by atoms with van der Waals surface area (Å²) in [5.74, 6) is -0.595. The van der Waals surface area contributed by atoms with E-state index in [0.29, 0.717) is 29.9 Å². The van der Waals surface area contributed by atoms with Crippen molar-refractivity contribution < 1.29 is 19.1 Å². The molecule has 9 heteroatoms. The van der Waals surface area contributed by atoms with Gasteiger partial charge in [-0.2, -0.15) is 0 Å². The zero-order valence-corrected chi connectivity index (χ0v) is 24.7. The van der Waals surface area contributed by atoms with Gasteiger partial charge in [0.25, 0.3) is 11.5 Å². The molecule has 7 nitrogen and oxygen atoms in total. The van der Waals surface area contributed by atoms with Crippen LogP contribution in [0.2, 0.25) is 10.0 Å². The minimum atomic E-state index is -0.982. The third-order valence-corrected chi connectivity index (χ3v) is 7.25. The number of carbonyl (C=O) groups is 2. The van der Waals surface area contributed by atoms with Crippen LogP contribution < -0.4 is 15.6 Å². The number of rotatable bonds is 11. The molecule has 1 atom stereocenters. The Balaban J connectivity index is 1.67. The molecule has 1 N–H and O–H groups in total. The summed E-state index contributed by atoms with van der Waals surface area (Å²) in [5.41, 5.74) is 2.60. The van der Waals surface area contributed by atoms with E-state index < -0.39 is 17.9 Å². The molecule has 0 aliphatic carbocycles. The van der Waals surface area contributed by atoms with Gasteiger partial charge in [-0.25, -0.2) is 4.79 Å². The molecule has 0 aliphatic rings. The number of aryl methyl sites for hydroxylation is 1. The second kappa shape index (κ2) is 13.7. The number of para-hydroxylation sites is 1. The maximum absolute atomic E-state index is 13.5. The van der Waals surface area contributed by atoms with Gasteiger partial charge in [-0.3, -0.25) is 9.59 Å². The number of benzene rings is 3. The average Bonchev–Trinajstić information content (AvgIpc) is 2.97. The molecule has 214 valence electrons. The Labute approximate surface area is 249 Å². The fourth-order valence-corrected chi connectivity index (χ4v) is 5.13. The van der Waals surface area contributed by atoms with E-state index in [4.69, 9.17) is 32.7 Å². The number of nitrogens with zero attached hydrogens (tertiary/aromatic N) is 1. The standard InChI is InChI=1S/C32H32Cl2N2O5/c1-4-17-40-29-22-9-6-7-12-26(22)36(3)31(38)27(29)21-15-13-20(14-16-21)19-25(32(39)41-18-5-2)35-30(37)28-23(33)10-8-11-24(28)34/h6-16,25H,4-5,17-19H2,1-3H3,(H,35,37)/t25-/m0/s1. The zero-order chi connectivity index (χ0) is 29.5. The van der Waals surface area contributed by atoms with Crippen molar-refractivity contribution in [1.82, 2.24) is 9.88 Å². The Morgan fingerprint density at radius 2 is 1.56 bits per heavy atom. The molecular weight excluding hydrogens is 563 g/mol. The van der Waals surface area contributed by atoms with Crippen molar-refractivity contribution in [3.8, 4) is 16.9 Å². The van der Waals surface area contributed by atoms with Gasteiger partial charge in [-0.05, 0) is 48.2 Å². The molecule has 4 rings (SSSR count). The van der Waals surface area contributed by atoms with Crippen LogP contribution in [0.25, 0.3) is 22.0 Å². The van der Waals surface area contributed by atoms with Crippen LogP contribution in [0, 0.1) is 0 Å². The third kappa shape index (κ3) is 6.75. The van der Waals surface area contributed by atoms with Crippen LogP contribution in [0.5, 0.6) is 5.75 Å². The number of halogens is 2. The fourth-order valence-electron chi connectivity index (χ4n) is 4.56. The van der Waals surface area contributed by atoms with Crippen molar-refractivity contribution in [2.45, 2.75) is 39.2 Å². The molecule has 0 unspecified atom stereocenters. The summed E-state index contributed by atoms with van der Waals surface area (Å²) in [4.78, 5) is 39.5. The SMILES string of the molecule is CCCOC(=O)[C@H](Cc1ccc(-c2c(OCCC)c3ccccc3n(C)c2=O)cc1)NC(=O)c1c(Cl)cccc1Cl. The largest absolute Gasteiger partial charge is 0.492 e. The lowest BCUT2D eigenvalue weighted by Crippen LogP contribution is -2.43. The minimum absolute atomic E-state index is 0.0891. The highest BCUT2D eigenvalue weighted by Crippen LogP contribution is 2.34. The van der Waals surface area contributed by atoms with Crippen LogP contribution >= 0.6 is 23.2 Å². The molecule has 0 spiro atoms. The van der Waals surface area contributed by atoms with Gasteiger partial charge in [0.15, 0.2) is 0 Å². The van der Waals surface area contributed by atoms with Gasteiger partial charge in [0.05, 0.1) is 39.9 Å². The van der Waals surface area contributed by atoms with Crippen molar-refractivity contribution in [2.75, 3.05) is 13.2 Å². The summed E-state index contributed by atoms with van der Waals surface area (Å²) >= 11 is 12.4. The summed E-state index contributed by atoms with van der Waals surface area (Å²) in [5, 5.41) is 3.94. The molecule has 1 aromatic heterocycles. The molecule has 0 aliphatic heterocycles. The lowest BCUT2D eigenvalue weighted by atomic mass is 9.99. The summed E-state index contributed by atoms with van der Waals surface area (Å²) in [6.07, 6.45) is 1.59. The number of hydrogen-bond acceptors (Lipinski definition) is 5. The third-order valence-electron chi connectivity index (χ3n) is 6.62. The second-order valence-electron chi connectivity index (χ2n) is 9.63. The quantitative estimate of drug-likeness (QED) is 0.198. The van der Waals surface area contributed by atoms with Crippen LogP contribution in [-0.4, -0.2) is 35.7 Å². The Morgan fingerprint density at radius 1 is 0.902 bits per heavy atom. The van der Waals surface area contributed by atoms with Crippen molar-refractivity contribution in [3.63, 3.8) is 0 Å². The lowest BCUT2D eigenvalue weighted by Gasteiger charge is -2.19. The number of aromatic nitrogens is 1. The number of ether oxygens (including phenoxy) is 2. The molecule has 0 bridgehead atoms. The molecule has 41 heavy (non-hydrogen) atoms. The van der Waals surface area contributed by atoms with E-state index in [0.717, 1.165) is 22.9 Å². The lowest BCUT2D eigenvalue weighted by molar-refractivity contribution is -0.145. The first-order chi connectivity index (χ1) is 19.8. The second-order valence-corrected chi connectivity index (χ2v) is 10.4. The Hall–Kier alpha value is -3.81. The number of fused-ring (bicyclic) bond motifs is 1. The average molecular weight is 596 g/mol. The predicted molar refractivity (Wildman–Crippen MR) is 163 cm³/mol. The van der Waals surface area contributed by atoms with Gasteiger partial charge < -0.3 is 19.4 Å². The molecule has 1 amide bonds. The van der Waals surface area contributed by atoms with Crippen molar-refractivity contribution in [2.24, 2.45) is 7.05 Å². The van der Waals surface area contributed by atoms with E-state index in [-0.39, 0.29) is 34.2 Å². The Kier molecular flexibility index (Phi) is 10.1. The van der Waals surface area contributed by atoms with Crippen molar-refractivity contribution in [1.29, 1.82) is 0 Å². The van der Waals surface area contributed by atoms with Gasteiger partial charge in [-0.1, -0.05) is 79.5 Å². The van der Waals surface area contributed by atoms with Crippen LogP contribution in [0.4, 0.5) is 0 Å². The number of carbonyl (C=O) groups excluding carboxylic acids is 2. The fraction of sp³-hybridized carbons (Fsp3) is 0.281. The first-order valence-electron chi connectivity index (χ1n) is 13.5. The van der Waals surface area contributed by atoms with Gasteiger partial charge in [0.1, 0.15) is 11.8 Å². The molecule has 0 saturated carbocycles. The normalized spacial score (nSPS) is 11.7. The molecule has 3 aromatic carbocycles. The monoisotopic (exact) mass is 594 g/mol. The molecule has 0 fully saturated rings.